The van der Waals surface area contributed by atoms with Crippen LogP contribution in [0.4, 0.5) is 0 Å². The number of nitrogens with one attached hydrogen (secondary N) is 1. The third-order valence-corrected chi connectivity index (χ3v) is 7.07. The molecule has 1 aromatic rings. The van der Waals surface area contributed by atoms with Crippen molar-refractivity contribution in [2.75, 3.05) is 26.2 Å². The topological polar surface area (TPSA) is 124 Å². The lowest BCUT2D eigenvalue weighted by molar-refractivity contribution is -0.136. The molecule has 2 N–H and O–H groups in total. The van der Waals surface area contributed by atoms with Gasteiger partial charge in [-0.05, 0) is 13.0 Å². The Morgan fingerprint density at radius 2 is 1.84 bits per heavy atom. The largest absolute Gasteiger partial charge is 0.478 e. The van der Waals surface area contributed by atoms with Crippen LogP contribution in [0.15, 0.2) is 15.7 Å². The van der Waals surface area contributed by atoms with Crippen LogP contribution in [0.1, 0.15) is 24.2 Å². The highest BCUT2D eigenvalue weighted by Crippen LogP contribution is 2.25. The average Bonchev–Trinajstić information content (AvgIpc) is 3.04. The molecule has 0 spiro atoms. The lowest BCUT2D eigenvalue weighted by Crippen LogP contribution is -2.54. The maximum atomic E-state index is 12.6. The molecule has 0 aliphatic carbocycles. The van der Waals surface area contributed by atoms with E-state index in [0.29, 0.717) is 0 Å². The summed E-state index contributed by atoms with van der Waals surface area (Å²) in [4.78, 5) is 35.6. The summed E-state index contributed by atoms with van der Waals surface area (Å²) in [6, 6.07) is 0.467. The zero-order valence-electron chi connectivity index (χ0n) is 13.8. The molecule has 1 fully saturated rings. The van der Waals surface area contributed by atoms with Crippen molar-refractivity contribution in [2.45, 2.75) is 24.1 Å². The number of hydrogen-bond acceptors (Lipinski definition) is 6. The Kier molecular flexibility index (Phi) is 5.80. The van der Waals surface area contributed by atoms with Crippen LogP contribution < -0.4 is 5.32 Å². The third kappa shape index (κ3) is 4.35. The number of piperazine rings is 1. The number of rotatable bonds is 5. The molecule has 1 aliphatic rings. The van der Waals surface area contributed by atoms with E-state index in [-0.39, 0.29) is 47.8 Å². The van der Waals surface area contributed by atoms with E-state index in [1.807, 2.05) is 0 Å². The Morgan fingerprint density at radius 3 is 2.32 bits per heavy atom. The molecule has 25 heavy (non-hydrogen) atoms. The standard InChI is InChI=1S/C14H19N3O6S2/c1-9(15-10(2)18)13(19)16-3-5-17(6-4-16)25(22,23)12-7-11(8-24-12)14(20)21/h7-9H,3-6H2,1-2H3,(H,15,18)(H,20,21). The van der Waals surface area contributed by atoms with Crippen molar-refractivity contribution in [1.82, 2.24) is 14.5 Å². The summed E-state index contributed by atoms with van der Waals surface area (Å²) in [7, 11) is -3.78. The van der Waals surface area contributed by atoms with Gasteiger partial charge in [-0.3, -0.25) is 9.59 Å². The first kappa shape index (κ1) is 19.3. The first-order valence-corrected chi connectivity index (χ1v) is 9.82. The molecule has 1 aliphatic heterocycles. The molecule has 2 heterocycles. The third-order valence-electron chi connectivity index (χ3n) is 3.76. The van der Waals surface area contributed by atoms with Crippen LogP contribution in [0.25, 0.3) is 0 Å². The van der Waals surface area contributed by atoms with E-state index < -0.39 is 22.0 Å². The molecule has 11 heteroatoms. The normalized spacial score (nSPS) is 17.1. The van der Waals surface area contributed by atoms with Crippen molar-refractivity contribution >= 4 is 39.1 Å². The Morgan fingerprint density at radius 1 is 1.24 bits per heavy atom. The minimum absolute atomic E-state index is 0.0312. The zero-order valence-corrected chi connectivity index (χ0v) is 15.4. The van der Waals surface area contributed by atoms with Crippen molar-refractivity contribution in [2.24, 2.45) is 0 Å². The minimum Gasteiger partial charge on any atom is -0.478 e. The zero-order chi connectivity index (χ0) is 18.8. The second-order valence-corrected chi connectivity index (χ2v) is 8.69. The van der Waals surface area contributed by atoms with Crippen molar-refractivity contribution in [1.29, 1.82) is 0 Å². The summed E-state index contributed by atoms with van der Waals surface area (Å²) in [5, 5.41) is 12.7. The van der Waals surface area contributed by atoms with Crippen LogP contribution in [0, 0.1) is 0 Å². The summed E-state index contributed by atoms with van der Waals surface area (Å²) >= 11 is 0.859. The number of carbonyl (C=O) groups excluding carboxylic acids is 2. The quantitative estimate of drug-likeness (QED) is 0.719. The smallest absolute Gasteiger partial charge is 0.336 e. The highest BCUT2D eigenvalue weighted by molar-refractivity contribution is 7.91. The predicted molar refractivity (Wildman–Crippen MR) is 89.9 cm³/mol. The molecular weight excluding hydrogens is 370 g/mol. The van der Waals surface area contributed by atoms with E-state index in [0.717, 1.165) is 17.4 Å². The summed E-state index contributed by atoms with van der Waals surface area (Å²) in [5.74, 6) is -1.76. The van der Waals surface area contributed by atoms with E-state index in [1.54, 1.807) is 6.92 Å². The fraction of sp³-hybridized carbons (Fsp3) is 0.500. The lowest BCUT2D eigenvalue weighted by atomic mass is 10.2. The summed E-state index contributed by atoms with van der Waals surface area (Å²) < 4.78 is 26.3. The fourth-order valence-electron chi connectivity index (χ4n) is 2.48. The van der Waals surface area contributed by atoms with Gasteiger partial charge in [-0.15, -0.1) is 11.3 Å². The minimum atomic E-state index is -3.78. The van der Waals surface area contributed by atoms with Gasteiger partial charge in [0.2, 0.25) is 11.8 Å². The van der Waals surface area contributed by atoms with Gasteiger partial charge in [0.25, 0.3) is 10.0 Å². The van der Waals surface area contributed by atoms with E-state index >= 15 is 0 Å². The fourth-order valence-corrected chi connectivity index (χ4v) is 5.21. The highest BCUT2D eigenvalue weighted by atomic mass is 32.2. The molecule has 1 atom stereocenters. The number of carbonyl (C=O) groups is 3. The number of carboxylic acid groups (broad SMARTS) is 1. The molecule has 1 aromatic heterocycles. The molecule has 0 bridgehead atoms. The van der Waals surface area contributed by atoms with Crippen LogP contribution in [0.2, 0.25) is 0 Å². The van der Waals surface area contributed by atoms with Crippen LogP contribution >= 0.6 is 11.3 Å². The molecule has 1 unspecified atom stereocenters. The molecule has 0 radical (unpaired) electrons. The van der Waals surface area contributed by atoms with Gasteiger partial charge in [-0.1, -0.05) is 0 Å². The number of sulfonamides is 1. The van der Waals surface area contributed by atoms with Crippen LogP contribution in [-0.4, -0.2) is 72.7 Å². The Balaban J connectivity index is 2.02. The molecule has 9 nitrogen and oxygen atoms in total. The number of amides is 2. The first-order chi connectivity index (χ1) is 11.6. The van der Waals surface area contributed by atoms with Crippen molar-refractivity contribution in [3.8, 4) is 0 Å². The Labute approximate surface area is 149 Å². The molecular formula is C14H19N3O6S2. The van der Waals surface area contributed by atoms with Crippen LogP contribution in [0.5, 0.6) is 0 Å². The summed E-state index contributed by atoms with van der Waals surface area (Å²) in [6.45, 7) is 3.53. The van der Waals surface area contributed by atoms with Gasteiger partial charge in [0, 0.05) is 38.5 Å². The Bertz CT molecular complexity index is 780. The van der Waals surface area contributed by atoms with Crippen LogP contribution in [0.3, 0.4) is 0 Å². The number of aromatic carboxylic acids is 1. The van der Waals surface area contributed by atoms with Crippen LogP contribution in [-0.2, 0) is 19.6 Å². The second kappa shape index (κ2) is 7.50. The van der Waals surface area contributed by atoms with Gasteiger partial charge >= 0.3 is 5.97 Å². The second-order valence-electron chi connectivity index (χ2n) is 5.61. The number of hydrogen-bond donors (Lipinski definition) is 2. The molecule has 1 saturated heterocycles. The number of nitrogens with zero attached hydrogens (tertiary/aromatic N) is 2. The van der Waals surface area contributed by atoms with Crippen molar-refractivity contribution in [3.05, 3.63) is 17.0 Å². The molecule has 2 amide bonds. The number of thiophene rings is 1. The average molecular weight is 389 g/mol. The van der Waals surface area contributed by atoms with E-state index in [4.69, 9.17) is 5.11 Å². The van der Waals surface area contributed by atoms with Gasteiger partial charge in [-0.2, -0.15) is 4.31 Å². The summed E-state index contributed by atoms with van der Waals surface area (Å²) in [6.07, 6.45) is 0. The SMILES string of the molecule is CC(=O)NC(C)C(=O)N1CCN(S(=O)(=O)c2cc(C(=O)O)cs2)CC1. The first-order valence-electron chi connectivity index (χ1n) is 7.51. The lowest BCUT2D eigenvalue weighted by Gasteiger charge is -2.35. The van der Waals surface area contributed by atoms with Gasteiger partial charge in [0.15, 0.2) is 0 Å². The molecule has 2 rings (SSSR count). The molecule has 0 aromatic carbocycles. The van der Waals surface area contributed by atoms with E-state index in [2.05, 4.69) is 5.32 Å². The predicted octanol–water partition coefficient (Wildman–Crippen LogP) is -0.196. The van der Waals surface area contributed by atoms with Gasteiger partial charge in [-0.25, -0.2) is 13.2 Å². The maximum absolute atomic E-state index is 12.6. The maximum Gasteiger partial charge on any atom is 0.336 e. The van der Waals surface area contributed by atoms with Gasteiger partial charge in [0.05, 0.1) is 5.56 Å². The Hall–Kier alpha value is -1.98. The van der Waals surface area contributed by atoms with E-state index in [9.17, 15) is 22.8 Å². The molecule has 138 valence electrons. The van der Waals surface area contributed by atoms with Crippen molar-refractivity contribution < 1.29 is 27.9 Å². The monoisotopic (exact) mass is 389 g/mol. The summed E-state index contributed by atoms with van der Waals surface area (Å²) in [5.41, 5.74) is -0.0680. The number of carboxylic acids is 1. The van der Waals surface area contributed by atoms with Gasteiger partial charge < -0.3 is 15.3 Å². The van der Waals surface area contributed by atoms with Gasteiger partial charge in [0.1, 0.15) is 10.3 Å². The van der Waals surface area contributed by atoms with E-state index in [1.165, 1.54) is 21.5 Å². The van der Waals surface area contributed by atoms with Crippen molar-refractivity contribution in [3.63, 3.8) is 0 Å². The molecule has 0 saturated carbocycles. The highest BCUT2D eigenvalue weighted by Gasteiger charge is 2.32.